The van der Waals surface area contributed by atoms with E-state index in [4.69, 9.17) is 0 Å². The molecule has 0 N–H and O–H groups in total. The Labute approximate surface area is 122 Å². The third kappa shape index (κ3) is 2.16. The summed E-state index contributed by atoms with van der Waals surface area (Å²) < 4.78 is 126. The Balaban J connectivity index is 2.53. The molecule has 0 amide bonds. The van der Waals surface area contributed by atoms with Crippen molar-refractivity contribution in [1.82, 2.24) is 0 Å². The molecule has 2 atom stereocenters. The van der Waals surface area contributed by atoms with Gasteiger partial charge in [0.25, 0.3) is 0 Å². The van der Waals surface area contributed by atoms with Gasteiger partial charge < -0.3 is 9.47 Å². The molecule has 0 aromatic heterocycles. The molecule has 3 nitrogen and oxygen atoms in total. The first-order valence-corrected chi connectivity index (χ1v) is 6.30. The van der Waals surface area contributed by atoms with Crippen LogP contribution in [0.25, 0.3) is 0 Å². The van der Waals surface area contributed by atoms with Crippen molar-refractivity contribution in [1.29, 1.82) is 0 Å². The van der Waals surface area contributed by atoms with Crippen LogP contribution in [0.4, 0.5) is 44.3 Å². The molecule has 1 saturated heterocycles. The van der Waals surface area contributed by atoms with Crippen LogP contribution in [-0.2, 0) is 9.47 Å². The predicted octanol–water partition coefficient (Wildman–Crippen LogP) is 4.30. The molecule has 0 aromatic rings. The van der Waals surface area contributed by atoms with E-state index in [1.165, 1.54) is 0 Å². The van der Waals surface area contributed by atoms with Crippen LogP contribution in [0, 0.1) is 0 Å². The molecule has 1 aliphatic heterocycles. The second-order valence-corrected chi connectivity index (χ2v) is 5.31. The van der Waals surface area contributed by atoms with Crippen molar-refractivity contribution in [2.45, 2.75) is 61.3 Å². The second-order valence-electron chi connectivity index (χ2n) is 5.31. The van der Waals surface area contributed by atoms with Crippen LogP contribution in [-0.4, -0.2) is 41.8 Å². The Bertz CT molecular complexity index is 501. The number of rotatable bonds is 3. The zero-order chi connectivity index (χ0) is 17.9. The van der Waals surface area contributed by atoms with E-state index in [2.05, 4.69) is 9.47 Å². The largest absolute Gasteiger partial charge is 0.509 e. The highest BCUT2D eigenvalue weighted by molar-refractivity contribution is 5.64. The standard InChI is InChI=1S/C11H9F9O3/c12-8(13,9(14,15)10(16,17)11(18,19)20)7-4-2-1-3-5(7)22-6(21)23-7/h5H,1-4H2. The smallest absolute Gasteiger partial charge is 0.426 e. The molecule has 1 saturated carbocycles. The van der Waals surface area contributed by atoms with Crippen LogP contribution in [0.15, 0.2) is 0 Å². The summed E-state index contributed by atoms with van der Waals surface area (Å²) in [5.41, 5.74) is -3.57. The van der Waals surface area contributed by atoms with Crippen LogP contribution >= 0.6 is 0 Å². The van der Waals surface area contributed by atoms with Gasteiger partial charge in [-0.2, -0.15) is 39.5 Å². The first-order chi connectivity index (χ1) is 10.2. The van der Waals surface area contributed by atoms with Crippen LogP contribution in [0.2, 0.25) is 0 Å². The van der Waals surface area contributed by atoms with E-state index >= 15 is 0 Å². The summed E-state index contributed by atoms with van der Waals surface area (Å²) in [5, 5.41) is 0. The number of fused-ring (bicyclic) bond motifs is 1. The van der Waals surface area contributed by atoms with Crippen LogP contribution in [0.5, 0.6) is 0 Å². The van der Waals surface area contributed by atoms with Gasteiger partial charge in [0.1, 0.15) is 0 Å². The monoisotopic (exact) mass is 360 g/mol. The summed E-state index contributed by atoms with van der Waals surface area (Å²) >= 11 is 0. The van der Waals surface area contributed by atoms with Crippen LogP contribution in [0.3, 0.4) is 0 Å². The number of carbonyl (C=O) groups excluding carboxylic acids is 1. The molecule has 2 aliphatic rings. The fourth-order valence-electron chi connectivity index (χ4n) is 2.74. The highest BCUT2D eigenvalue weighted by atomic mass is 19.4. The lowest BCUT2D eigenvalue weighted by Gasteiger charge is -2.44. The number of ether oxygens (including phenoxy) is 2. The Morgan fingerprint density at radius 2 is 1.48 bits per heavy atom. The topological polar surface area (TPSA) is 35.5 Å². The fourth-order valence-corrected chi connectivity index (χ4v) is 2.74. The van der Waals surface area contributed by atoms with Gasteiger partial charge in [-0.1, -0.05) is 0 Å². The number of hydrogen-bond acceptors (Lipinski definition) is 3. The first kappa shape index (κ1) is 18.0. The molecule has 134 valence electrons. The second kappa shape index (κ2) is 4.82. The number of halogens is 9. The molecule has 1 aliphatic carbocycles. The molecule has 0 aromatic carbocycles. The zero-order valence-corrected chi connectivity index (χ0v) is 11.0. The molecule has 2 rings (SSSR count). The average Bonchev–Trinajstić information content (AvgIpc) is 2.74. The lowest BCUT2D eigenvalue weighted by Crippen LogP contribution is -2.71. The van der Waals surface area contributed by atoms with Gasteiger partial charge in [-0.25, -0.2) is 4.79 Å². The van der Waals surface area contributed by atoms with Gasteiger partial charge in [-0.05, 0) is 25.7 Å². The molecule has 0 bridgehead atoms. The molecular weight excluding hydrogens is 351 g/mol. The van der Waals surface area contributed by atoms with E-state index in [9.17, 15) is 44.3 Å². The lowest BCUT2D eigenvalue weighted by atomic mass is 9.74. The summed E-state index contributed by atoms with van der Waals surface area (Å²) in [7, 11) is 0. The Morgan fingerprint density at radius 1 is 0.913 bits per heavy atom. The van der Waals surface area contributed by atoms with Gasteiger partial charge >= 0.3 is 30.1 Å². The van der Waals surface area contributed by atoms with Gasteiger partial charge in [0.2, 0.25) is 5.60 Å². The first-order valence-electron chi connectivity index (χ1n) is 6.30. The lowest BCUT2D eigenvalue weighted by molar-refractivity contribution is -0.417. The normalized spacial score (nSPS) is 29.8. The summed E-state index contributed by atoms with van der Waals surface area (Å²) in [6.07, 6.45) is -12.3. The van der Waals surface area contributed by atoms with Gasteiger partial charge in [0.05, 0.1) is 0 Å². The summed E-state index contributed by atoms with van der Waals surface area (Å²) in [6, 6.07) is 0. The molecule has 0 radical (unpaired) electrons. The van der Waals surface area contributed by atoms with Crippen LogP contribution in [0.1, 0.15) is 25.7 Å². The van der Waals surface area contributed by atoms with E-state index in [1.807, 2.05) is 0 Å². The van der Waals surface area contributed by atoms with Crippen molar-refractivity contribution in [2.24, 2.45) is 0 Å². The SMILES string of the molecule is O=C1OC2CCCCC2(C(F)(F)C(F)(F)C(F)(F)C(F)(F)F)O1. The van der Waals surface area contributed by atoms with Gasteiger partial charge in [-0.15, -0.1) is 0 Å². The Hall–Kier alpha value is -1.36. The van der Waals surface area contributed by atoms with E-state index in [1.54, 1.807) is 0 Å². The molecule has 2 unspecified atom stereocenters. The Morgan fingerprint density at radius 3 is 2.00 bits per heavy atom. The Kier molecular flexibility index (Phi) is 3.77. The predicted molar refractivity (Wildman–Crippen MR) is 53.4 cm³/mol. The van der Waals surface area contributed by atoms with Gasteiger partial charge in [-0.3, -0.25) is 0 Å². The highest BCUT2D eigenvalue weighted by Gasteiger charge is 2.88. The summed E-state index contributed by atoms with van der Waals surface area (Å²) in [5.74, 6) is -19.9. The van der Waals surface area contributed by atoms with Gasteiger partial charge in [0, 0.05) is 0 Å². The minimum absolute atomic E-state index is 0.125. The molecule has 2 fully saturated rings. The average molecular weight is 360 g/mol. The van der Waals surface area contributed by atoms with Crippen molar-refractivity contribution in [3.05, 3.63) is 0 Å². The van der Waals surface area contributed by atoms with E-state index in [0.717, 1.165) is 0 Å². The maximum Gasteiger partial charge on any atom is 0.509 e. The molecule has 12 heteroatoms. The highest BCUT2D eigenvalue weighted by Crippen LogP contribution is 2.60. The third-order valence-electron chi connectivity index (χ3n) is 3.96. The van der Waals surface area contributed by atoms with E-state index in [0.29, 0.717) is 0 Å². The summed E-state index contributed by atoms with van der Waals surface area (Å²) in [4.78, 5) is 11.0. The van der Waals surface area contributed by atoms with E-state index < -0.39 is 54.6 Å². The number of hydrogen-bond donors (Lipinski definition) is 0. The molecule has 1 heterocycles. The third-order valence-corrected chi connectivity index (χ3v) is 3.96. The maximum atomic E-state index is 14.1. The minimum Gasteiger partial charge on any atom is -0.426 e. The summed E-state index contributed by atoms with van der Waals surface area (Å²) in [6.45, 7) is 0. The minimum atomic E-state index is -7.03. The van der Waals surface area contributed by atoms with Gasteiger partial charge in [0.15, 0.2) is 6.10 Å². The number of alkyl halides is 9. The van der Waals surface area contributed by atoms with Crippen molar-refractivity contribution in [2.75, 3.05) is 0 Å². The molecular formula is C11H9F9O3. The maximum absolute atomic E-state index is 14.1. The van der Waals surface area contributed by atoms with Crippen molar-refractivity contribution in [3.63, 3.8) is 0 Å². The van der Waals surface area contributed by atoms with Crippen molar-refractivity contribution >= 4 is 6.16 Å². The van der Waals surface area contributed by atoms with Crippen molar-refractivity contribution in [3.8, 4) is 0 Å². The zero-order valence-electron chi connectivity index (χ0n) is 11.0. The molecule has 0 spiro atoms. The molecule has 23 heavy (non-hydrogen) atoms. The quantitative estimate of drug-likeness (QED) is 0.556. The van der Waals surface area contributed by atoms with Crippen LogP contribution < -0.4 is 0 Å². The number of carbonyl (C=O) groups is 1. The fraction of sp³-hybridized carbons (Fsp3) is 0.909. The van der Waals surface area contributed by atoms with Crippen molar-refractivity contribution < 1.29 is 53.8 Å². The van der Waals surface area contributed by atoms with E-state index in [-0.39, 0.29) is 12.8 Å².